The summed E-state index contributed by atoms with van der Waals surface area (Å²) in [6.07, 6.45) is -4.37. The van der Waals surface area contributed by atoms with Crippen LogP contribution < -0.4 is 11.1 Å². The lowest BCUT2D eigenvalue weighted by molar-refractivity contribution is -0.137. The van der Waals surface area contributed by atoms with Crippen LogP contribution in [0.2, 0.25) is 0 Å². The van der Waals surface area contributed by atoms with Gasteiger partial charge in [-0.05, 0) is 38.1 Å². The van der Waals surface area contributed by atoms with Gasteiger partial charge in [0.25, 0.3) is 0 Å². The predicted octanol–water partition coefficient (Wildman–Crippen LogP) is 3.84. The second kappa shape index (κ2) is 6.32. The molecular weight excluding hydrogens is 345 g/mol. The molecule has 136 valence electrons. The summed E-state index contributed by atoms with van der Waals surface area (Å²) in [6, 6.07) is 6.19. The Morgan fingerprint density at radius 2 is 1.73 bits per heavy atom. The highest BCUT2D eigenvalue weighted by atomic mass is 19.4. The van der Waals surface area contributed by atoms with E-state index in [9.17, 15) is 13.2 Å². The summed E-state index contributed by atoms with van der Waals surface area (Å²) in [5, 5.41) is 7.29. The van der Waals surface area contributed by atoms with Crippen LogP contribution in [0.4, 0.5) is 30.5 Å². The summed E-state index contributed by atoms with van der Waals surface area (Å²) in [7, 11) is 1.82. The number of hydrogen-bond donors (Lipinski definition) is 2. The van der Waals surface area contributed by atoms with E-state index >= 15 is 0 Å². The average molecular weight is 362 g/mol. The standard InChI is InChI=1S/C17H17F3N6/c1-9-15(10(2)26(3)25-9)16-23-13(21)8-14(24-16)22-12-6-4-11(5-7-12)17(18,19)20/h4-8H,1-3H3,(H3,21,22,23,24). The van der Waals surface area contributed by atoms with Crippen molar-refractivity contribution in [3.8, 4) is 11.4 Å². The molecular formula is C17H17F3N6. The number of nitrogen functional groups attached to an aromatic ring is 1. The normalized spacial score (nSPS) is 11.6. The summed E-state index contributed by atoms with van der Waals surface area (Å²) >= 11 is 0. The van der Waals surface area contributed by atoms with E-state index in [1.54, 1.807) is 4.68 Å². The maximum absolute atomic E-state index is 12.7. The predicted molar refractivity (Wildman–Crippen MR) is 92.8 cm³/mol. The molecule has 0 atom stereocenters. The molecule has 0 spiro atoms. The molecule has 0 fully saturated rings. The Morgan fingerprint density at radius 3 is 2.27 bits per heavy atom. The molecule has 0 unspecified atom stereocenters. The van der Waals surface area contributed by atoms with Gasteiger partial charge in [0.05, 0.1) is 16.8 Å². The van der Waals surface area contributed by atoms with Gasteiger partial charge in [-0.1, -0.05) is 0 Å². The van der Waals surface area contributed by atoms with Crippen LogP contribution in [0, 0.1) is 13.8 Å². The van der Waals surface area contributed by atoms with E-state index in [1.165, 1.54) is 18.2 Å². The Morgan fingerprint density at radius 1 is 1.08 bits per heavy atom. The van der Waals surface area contributed by atoms with Crippen LogP contribution in [0.25, 0.3) is 11.4 Å². The molecule has 0 aliphatic heterocycles. The van der Waals surface area contributed by atoms with Gasteiger partial charge < -0.3 is 11.1 Å². The number of nitrogens with one attached hydrogen (secondary N) is 1. The number of hydrogen-bond acceptors (Lipinski definition) is 5. The first-order chi connectivity index (χ1) is 12.1. The minimum Gasteiger partial charge on any atom is -0.384 e. The average Bonchev–Trinajstić information content (AvgIpc) is 2.79. The second-order valence-electron chi connectivity index (χ2n) is 5.87. The molecule has 0 radical (unpaired) electrons. The number of aryl methyl sites for hydroxylation is 2. The Hall–Kier alpha value is -3.10. The topological polar surface area (TPSA) is 81.7 Å². The van der Waals surface area contributed by atoms with E-state index in [2.05, 4.69) is 20.4 Å². The van der Waals surface area contributed by atoms with Crippen molar-refractivity contribution in [1.82, 2.24) is 19.7 Å². The third-order valence-electron chi connectivity index (χ3n) is 3.96. The summed E-state index contributed by atoms with van der Waals surface area (Å²) in [5.41, 5.74) is 8.03. The van der Waals surface area contributed by atoms with Crippen molar-refractivity contribution in [2.24, 2.45) is 7.05 Å². The number of rotatable bonds is 3. The summed E-state index contributed by atoms with van der Waals surface area (Å²) < 4.78 is 39.7. The maximum Gasteiger partial charge on any atom is 0.416 e. The lowest BCUT2D eigenvalue weighted by Crippen LogP contribution is -2.05. The van der Waals surface area contributed by atoms with Crippen molar-refractivity contribution in [2.45, 2.75) is 20.0 Å². The molecule has 0 aliphatic carbocycles. The Kier molecular flexibility index (Phi) is 4.31. The molecule has 3 rings (SSSR count). The largest absolute Gasteiger partial charge is 0.416 e. The van der Waals surface area contributed by atoms with Crippen LogP contribution in [0.1, 0.15) is 17.0 Å². The number of halogens is 3. The van der Waals surface area contributed by atoms with Crippen molar-refractivity contribution in [1.29, 1.82) is 0 Å². The number of nitrogens with two attached hydrogens (primary N) is 1. The molecule has 3 N–H and O–H groups in total. The van der Waals surface area contributed by atoms with Crippen molar-refractivity contribution < 1.29 is 13.2 Å². The summed E-state index contributed by atoms with van der Waals surface area (Å²) in [6.45, 7) is 3.74. The fraction of sp³-hybridized carbons (Fsp3) is 0.235. The minimum absolute atomic E-state index is 0.243. The van der Waals surface area contributed by atoms with E-state index in [0.717, 1.165) is 29.1 Å². The van der Waals surface area contributed by atoms with Crippen molar-refractivity contribution in [3.63, 3.8) is 0 Å². The molecule has 0 saturated carbocycles. The van der Waals surface area contributed by atoms with Crippen LogP contribution in [0.5, 0.6) is 0 Å². The lowest BCUT2D eigenvalue weighted by atomic mass is 10.2. The van der Waals surface area contributed by atoms with Crippen LogP contribution in [0.3, 0.4) is 0 Å². The Balaban J connectivity index is 1.93. The number of alkyl halides is 3. The fourth-order valence-corrected chi connectivity index (χ4v) is 2.63. The van der Waals surface area contributed by atoms with Gasteiger partial charge in [0.1, 0.15) is 11.6 Å². The molecule has 0 saturated heterocycles. The van der Waals surface area contributed by atoms with Gasteiger partial charge in [-0.3, -0.25) is 4.68 Å². The Bertz CT molecular complexity index is 944. The van der Waals surface area contributed by atoms with Crippen LogP contribution in [-0.4, -0.2) is 19.7 Å². The summed E-state index contributed by atoms with van der Waals surface area (Å²) in [5.74, 6) is 1.03. The molecule has 0 amide bonds. The van der Waals surface area contributed by atoms with Crippen LogP contribution in [-0.2, 0) is 13.2 Å². The smallest absolute Gasteiger partial charge is 0.384 e. The van der Waals surface area contributed by atoms with Gasteiger partial charge >= 0.3 is 6.18 Å². The van der Waals surface area contributed by atoms with Crippen molar-refractivity contribution in [3.05, 3.63) is 47.3 Å². The van der Waals surface area contributed by atoms with E-state index in [4.69, 9.17) is 5.73 Å². The van der Waals surface area contributed by atoms with Gasteiger partial charge in [-0.25, -0.2) is 9.97 Å². The first kappa shape index (κ1) is 17.7. The maximum atomic E-state index is 12.7. The molecule has 0 aliphatic rings. The van der Waals surface area contributed by atoms with Gasteiger partial charge in [0.2, 0.25) is 0 Å². The highest BCUT2D eigenvalue weighted by Crippen LogP contribution is 2.31. The molecule has 6 nitrogen and oxygen atoms in total. The van der Waals surface area contributed by atoms with Gasteiger partial charge in [0.15, 0.2) is 5.82 Å². The molecule has 2 heterocycles. The molecule has 2 aromatic heterocycles. The highest BCUT2D eigenvalue weighted by molar-refractivity contribution is 5.67. The monoisotopic (exact) mass is 362 g/mol. The molecule has 3 aromatic rings. The summed E-state index contributed by atoms with van der Waals surface area (Å²) in [4.78, 5) is 8.68. The fourth-order valence-electron chi connectivity index (χ4n) is 2.63. The number of anilines is 3. The highest BCUT2D eigenvalue weighted by Gasteiger charge is 2.29. The molecule has 0 bridgehead atoms. The molecule has 9 heteroatoms. The van der Waals surface area contributed by atoms with Crippen LogP contribution >= 0.6 is 0 Å². The van der Waals surface area contributed by atoms with E-state index in [0.29, 0.717) is 17.3 Å². The number of aromatic nitrogens is 4. The Labute approximate surface area is 147 Å². The molecule has 1 aromatic carbocycles. The quantitative estimate of drug-likeness (QED) is 0.740. The van der Waals surface area contributed by atoms with Crippen LogP contribution in [0.15, 0.2) is 30.3 Å². The minimum atomic E-state index is -4.37. The SMILES string of the molecule is Cc1nn(C)c(C)c1-c1nc(N)cc(Nc2ccc(C(F)(F)F)cc2)n1. The molecule has 26 heavy (non-hydrogen) atoms. The van der Waals surface area contributed by atoms with E-state index < -0.39 is 11.7 Å². The third kappa shape index (κ3) is 3.46. The van der Waals surface area contributed by atoms with Gasteiger partial charge in [-0.2, -0.15) is 18.3 Å². The number of nitrogens with zero attached hydrogens (tertiary/aromatic N) is 4. The zero-order chi connectivity index (χ0) is 19.1. The zero-order valence-electron chi connectivity index (χ0n) is 14.4. The third-order valence-corrected chi connectivity index (χ3v) is 3.96. The van der Waals surface area contributed by atoms with Crippen molar-refractivity contribution >= 4 is 17.3 Å². The number of benzene rings is 1. The zero-order valence-corrected chi connectivity index (χ0v) is 14.4. The first-order valence-electron chi connectivity index (χ1n) is 7.74. The lowest BCUT2D eigenvalue weighted by Gasteiger charge is -2.10. The van der Waals surface area contributed by atoms with Gasteiger partial charge in [-0.15, -0.1) is 0 Å². The van der Waals surface area contributed by atoms with E-state index in [-0.39, 0.29) is 5.82 Å². The first-order valence-corrected chi connectivity index (χ1v) is 7.74. The second-order valence-corrected chi connectivity index (χ2v) is 5.87. The van der Waals surface area contributed by atoms with Crippen molar-refractivity contribution in [2.75, 3.05) is 11.1 Å². The van der Waals surface area contributed by atoms with Gasteiger partial charge in [0, 0.05) is 24.5 Å². The van der Waals surface area contributed by atoms with E-state index in [1.807, 2.05) is 20.9 Å².